The van der Waals surface area contributed by atoms with Crippen LogP contribution in [0.2, 0.25) is 0 Å². The highest BCUT2D eigenvalue weighted by molar-refractivity contribution is 5.57. The number of anilines is 1. The molecular weight excluding hydrogens is 260 g/mol. The van der Waals surface area contributed by atoms with Gasteiger partial charge in [0, 0.05) is 26.1 Å². The molecule has 110 valence electrons. The Hall–Kier alpha value is -1.63. The zero-order chi connectivity index (χ0) is 14.3. The highest BCUT2D eigenvalue weighted by Crippen LogP contribution is 2.41. The van der Waals surface area contributed by atoms with Crippen LogP contribution >= 0.6 is 0 Å². The molecule has 1 aromatic heterocycles. The van der Waals surface area contributed by atoms with Crippen LogP contribution in [-0.2, 0) is 7.05 Å². The molecule has 2 atom stereocenters. The van der Waals surface area contributed by atoms with E-state index in [2.05, 4.69) is 5.10 Å². The molecule has 0 spiro atoms. The summed E-state index contributed by atoms with van der Waals surface area (Å²) in [6, 6.07) is 0. The van der Waals surface area contributed by atoms with Gasteiger partial charge in [-0.25, -0.2) is 0 Å². The van der Waals surface area contributed by atoms with Crippen molar-refractivity contribution in [1.29, 1.82) is 0 Å². The molecule has 1 N–H and O–H groups in total. The molecule has 1 saturated carbocycles. The van der Waals surface area contributed by atoms with Gasteiger partial charge in [-0.1, -0.05) is 12.8 Å². The topological polar surface area (TPSA) is 84.4 Å². The van der Waals surface area contributed by atoms with E-state index in [1.807, 2.05) is 4.90 Å². The molecule has 0 amide bonds. The van der Waals surface area contributed by atoms with Gasteiger partial charge in [0.15, 0.2) is 0 Å². The normalized spacial score (nSPS) is 30.1. The van der Waals surface area contributed by atoms with Crippen LogP contribution in [0.4, 0.5) is 11.5 Å². The average molecular weight is 280 g/mol. The molecule has 0 bridgehead atoms. The number of aromatic nitrogens is 2. The molecule has 0 radical (unpaired) electrons. The minimum Gasteiger partial charge on any atom is -0.389 e. The van der Waals surface area contributed by atoms with Gasteiger partial charge in [-0.2, -0.15) is 0 Å². The molecule has 20 heavy (non-hydrogen) atoms. The van der Waals surface area contributed by atoms with E-state index >= 15 is 0 Å². The summed E-state index contributed by atoms with van der Waals surface area (Å²) in [7, 11) is 1.69. The number of aliphatic hydroxyl groups is 1. The molecule has 7 heteroatoms. The smallest absolute Gasteiger partial charge is 0.330 e. The van der Waals surface area contributed by atoms with E-state index in [0.29, 0.717) is 25.3 Å². The minimum atomic E-state index is -0.571. The molecule has 0 aromatic carbocycles. The summed E-state index contributed by atoms with van der Waals surface area (Å²) in [5, 5.41) is 26.0. The summed E-state index contributed by atoms with van der Waals surface area (Å²) >= 11 is 0. The van der Waals surface area contributed by atoms with Crippen molar-refractivity contribution in [1.82, 2.24) is 9.78 Å². The van der Waals surface area contributed by atoms with E-state index in [4.69, 9.17) is 0 Å². The first-order valence-electron chi connectivity index (χ1n) is 7.15. The zero-order valence-corrected chi connectivity index (χ0v) is 11.7. The fourth-order valence-electron chi connectivity index (χ4n) is 3.58. The lowest BCUT2D eigenvalue weighted by atomic mass is 9.71. The molecule has 7 nitrogen and oxygen atoms in total. The predicted molar refractivity (Wildman–Crippen MR) is 73.6 cm³/mol. The second-order valence-electron chi connectivity index (χ2n) is 6.01. The van der Waals surface area contributed by atoms with Crippen LogP contribution in [0.15, 0.2) is 6.20 Å². The maximum atomic E-state index is 11.1. The van der Waals surface area contributed by atoms with E-state index in [0.717, 1.165) is 25.7 Å². The Kier molecular flexibility index (Phi) is 3.16. The van der Waals surface area contributed by atoms with Crippen molar-refractivity contribution in [2.75, 3.05) is 18.0 Å². The Morgan fingerprint density at radius 2 is 2.30 bits per heavy atom. The molecule has 3 rings (SSSR count). The second kappa shape index (κ2) is 4.73. The van der Waals surface area contributed by atoms with Gasteiger partial charge in [-0.15, -0.1) is 5.10 Å². The van der Waals surface area contributed by atoms with Crippen molar-refractivity contribution in [3.63, 3.8) is 0 Å². The van der Waals surface area contributed by atoms with Gasteiger partial charge in [-0.3, -0.25) is 14.8 Å². The van der Waals surface area contributed by atoms with Crippen LogP contribution in [0, 0.1) is 16.0 Å². The lowest BCUT2D eigenvalue weighted by Gasteiger charge is -2.47. The summed E-state index contributed by atoms with van der Waals surface area (Å²) in [5.74, 6) is 0.636. The van der Waals surface area contributed by atoms with Gasteiger partial charge < -0.3 is 10.0 Å². The largest absolute Gasteiger partial charge is 0.389 e. The third kappa shape index (κ3) is 2.15. The standard InChI is InChI=1S/C13H20N4O3/c1-15-9-11(17(19)20)12(14-15)16-7-6-13(18)5-3-2-4-10(13)8-16/h9-10,18H,2-8H2,1H3. The first-order valence-corrected chi connectivity index (χ1v) is 7.15. The molecule has 1 aromatic rings. The summed E-state index contributed by atoms with van der Waals surface area (Å²) in [6.45, 7) is 1.29. The number of nitrogens with zero attached hydrogens (tertiary/aromatic N) is 4. The highest BCUT2D eigenvalue weighted by Gasteiger charge is 2.44. The van der Waals surface area contributed by atoms with Crippen LogP contribution in [0.3, 0.4) is 0 Å². The van der Waals surface area contributed by atoms with Gasteiger partial charge in [0.1, 0.15) is 6.20 Å². The summed E-state index contributed by atoms with van der Waals surface area (Å²) in [4.78, 5) is 12.7. The van der Waals surface area contributed by atoms with Gasteiger partial charge in [0.25, 0.3) is 0 Å². The van der Waals surface area contributed by atoms with Crippen molar-refractivity contribution in [2.45, 2.75) is 37.7 Å². The lowest BCUT2D eigenvalue weighted by molar-refractivity contribution is -0.384. The van der Waals surface area contributed by atoms with Crippen molar-refractivity contribution < 1.29 is 10.0 Å². The predicted octanol–water partition coefficient (Wildman–Crippen LogP) is 1.46. The third-order valence-corrected chi connectivity index (χ3v) is 4.71. The Bertz CT molecular complexity index is 530. The molecule has 1 aliphatic carbocycles. The van der Waals surface area contributed by atoms with Crippen LogP contribution in [-0.4, -0.2) is 38.5 Å². The lowest BCUT2D eigenvalue weighted by Crippen LogP contribution is -2.53. The monoisotopic (exact) mass is 280 g/mol. The molecule has 1 aliphatic heterocycles. The van der Waals surface area contributed by atoms with E-state index < -0.39 is 5.60 Å². The number of hydrogen-bond acceptors (Lipinski definition) is 5. The second-order valence-corrected chi connectivity index (χ2v) is 6.01. The van der Waals surface area contributed by atoms with Crippen LogP contribution in [0.5, 0.6) is 0 Å². The SMILES string of the molecule is Cn1cc([N+](=O)[O-])c(N2CCC3(O)CCCCC3C2)n1. The molecule has 2 aliphatic rings. The van der Waals surface area contributed by atoms with Gasteiger partial charge in [0.2, 0.25) is 5.82 Å². The summed E-state index contributed by atoms with van der Waals surface area (Å²) in [6.07, 6.45) is 6.17. The zero-order valence-electron chi connectivity index (χ0n) is 11.7. The molecule has 1 saturated heterocycles. The molecular formula is C13H20N4O3. The first-order chi connectivity index (χ1) is 9.49. The number of fused-ring (bicyclic) bond motifs is 1. The number of aryl methyl sites for hydroxylation is 1. The Labute approximate surface area is 117 Å². The van der Waals surface area contributed by atoms with Crippen LogP contribution in [0.25, 0.3) is 0 Å². The van der Waals surface area contributed by atoms with Crippen molar-refractivity contribution in [3.8, 4) is 0 Å². The number of nitro groups is 1. The van der Waals surface area contributed by atoms with Gasteiger partial charge in [-0.05, 0) is 19.3 Å². The van der Waals surface area contributed by atoms with Gasteiger partial charge in [0.05, 0.1) is 10.5 Å². The molecule has 2 heterocycles. The average Bonchev–Trinajstić information content (AvgIpc) is 2.80. The maximum Gasteiger partial charge on any atom is 0.330 e. The van der Waals surface area contributed by atoms with E-state index in [1.54, 1.807) is 7.05 Å². The van der Waals surface area contributed by atoms with Crippen LogP contribution < -0.4 is 4.90 Å². The summed E-state index contributed by atoms with van der Waals surface area (Å²) in [5.41, 5.74) is -0.521. The third-order valence-electron chi connectivity index (χ3n) is 4.71. The number of rotatable bonds is 2. The summed E-state index contributed by atoms with van der Waals surface area (Å²) < 4.78 is 1.48. The first kappa shape index (κ1) is 13.4. The van der Waals surface area contributed by atoms with Crippen molar-refractivity contribution in [3.05, 3.63) is 16.3 Å². The maximum absolute atomic E-state index is 11.1. The van der Waals surface area contributed by atoms with E-state index in [1.165, 1.54) is 10.9 Å². The van der Waals surface area contributed by atoms with Crippen molar-refractivity contribution in [2.24, 2.45) is 13.0 Å². The van der Waals surface area contributed by atoms with E-state index in [9.17, 15) is 15.2 Å². The minimum absolute atomic E-state index is 0.0498. The van der Waals surface area contributed by atoms with Gasteiger partial charge >= 0.3 is 5.69 Å². The fourth-order valence-corrected chi connectivity index (χ4v) is 3.58. The quantitative estimate of drug-likeness (QED) is 0.655. The molecule has 2 unspecified atom stereocenters. The Balaban J connectivity index is 1.84. The van der Waals surface area contributed by atoms with E-state index in [-0.39, 0.29) is 16.5 Å². The van der Waals surface area contributed by atoms with Crippen molar-refractivity contribution >= 4 is 11.5 Å². The van der Waals surface area contributed by atoms with Crippen LogP contribution in [0.1, 0.15) is 32.1 Å². The number of hydrogen-bond donors (Lipinski definition) is 1. The number of piperidine rings is 1. The molecule has 2 fully saturated rings. The highest BCUT2D eigenvalue weighted by atomic mass is 16.6. The fraction of sp³-hybridized carbons (Fsp3) is 0.769. The Morgan fingerprint density at radius 1 is 1.50 bits per heavy atom. The Morgan fingerprint density at radius 3 is 3.05 bits per heavy atom.